The van der Waals surface area contributed by atoms with Gasteiger partial charge in [-0.1, -0.05) is 0 Å². The van der Waals surface area contributed by atoms with E-state index in [4.69, 9.17) is 10.2 Å². The lowest BCUT2D eigenvalue weighted by atomic mass is 9.49. The molecule has 0 amide bonds. The second kappa shape index (κ2) is 4.34. The maximum absolute atomic E-state index is 5.87. The van der Waals surface area contributed by atoms with E-state index < -0.39 is 0 Å². The summed E-state index contributed by atoms with van der Waals surface area (Å²) in [5, 5.41) is 0. The first-order chi connectivity index (χ1) is 9.25. The highest BCUT2D eigenvalue weighted by Gasteiger charge is 2.51. The van der Waals surface area contributed by atoms with Gasteiger partial charge in [0.2, 0.25) is 0 Å². The Labute approximate surface area is 115 Å². The largest absolute Gasteiger partial charge is 0.446 e. The van der Waals surface area contributed by atoms with Crippen LogP contribution in [0, 0.1) is 23.2 Å². The minimum Gasteiger partial charge on any atom is -0.446 e. The predicted molar refractivity (Wildman–Crippen MR) is 73.6 cm³/mol. The van der Waals surface area contributed by atoms with Crippen molar-refractivity contribution in [3.63, 3.8) is 0 Å². The van der Waals surface area contributed by atoms with Crippen LogP contribution >= 0.6 is 0 Å². The third-order valence-corrected chi connectivity index (χ3v) is 5.68. The summed E-state index contributed by atoms with van der Waals surface area (Å²) >= 11 is 0. The normalized spacial score (nSPS) is 39.9. The maximum Gasteiger partial charge on any atom is 0.194 e. The SMILES string of the molecule is NCCc1cnc(CC23CC4CC(CC(C4)C2)C3)o1. The van der Waals surface area contributed by atoms with E-state index in [-0.39, 0.29) is 0 Å². The molecule has 0 radical (unpaired) electrons. The van der Waals surface area contributed by atoms with Gasteiger partial charge in [0.05, 0.1) is 6.20 Å². The second-order valence-electron chi connectivity index (χ2n) is 7.35. The first kappa shape index (κ1) is 12.0. The molecule has 5 rings (SSSR count). The summed E-state index contributed by atoms with van der Waals surface area (Å²) in [5.41, 5.74) is 6.10. The minimum atomic E-state index is 0.527. The average molecular weight is 260 g/mol. The molecule has 4 saturated carbocycles. The number of hydrogen-bond donors (Lipinski definition) is 1. The molecular formula is C16H24N2O. The van der Waals surface area contributed by atoms with Crippen molar-refractivity contribution in [1.29, 1.82) is 0 Å². The Bertz CT molecular complexity index is 430. The summed E-state index contributed by atoms with van der Waals surface area (Å²) in [4.78, 5) is 4.49. The van der Waals surface area contributed by atoms with Gasteiger partial charge in [0, 0.05) is 12.8 Å². The topological polar surface area (TPSA) is 52.0 Å². The van der Waals surface area contributed by atoms with Crippen molar-refractivity contribution in [1.82, 2.24) is 4.98 Å². The molecule has 3 nitrogen and oxygen atoms in total. The number of oxazole rings is 1. The number of rotatable bonds is 4. The standard InChI is InChI=1S/C16H24N2O/c17-2-1-14-10-18-15(19-14)9-16-6-11-3-12(7-16)5-13(4-11)8-16/h10-13H,1-9,17H2. The Morgan fingerprint density at radius 3 is 2.37 bits per heavy atom. The molecule has 1 aromatic rings. The summed E-state index contributed by atoms with van der Waals surface area (Å²) in [6.45, 7) is 0.645. The Kier molecular flexibility index (Phi) is 2.73. The molecule has 3 heteroatoms. The number of nitrogens with two attached hydrogens (primary N) is 1. The molecule has 4 fully saturated rings. The molecule has 4 bridgehead atoms. The van der Waals surface area contributed by atoms with E-state index in [1.54, 1.807) is 0 Å². The molecule has 2 N–H and O–H groups in total. The monoisotopic (exact) mass is 260 g/mol. The van der Waals surface area contributed by atoms with Crippen molar-refractivity contribution < 1.29 is 4.42 Å². The highest BCUT2D eigenvalue weighted by molar-refractivity contribution is 5.06. The van der Waals surface area contributed by atoms with Gasteiger partial charge in [-0.15, -0.1) is 0 Å². The second-order valence-corrected chi connectivity index (χ2v) is 7.35. The van der Waals surface area contributed by atoms with Gasteiger partial charge in [0.15, 0.2) is 5.89 Å². The molecule has 0 spiro atoms. The molecule has 0 saturated heterocycles. The van der Waals surface area contributed by atoms with Gasteiger partial charge in [0.1, 0.15) is 5.76 Å². The molecule has 0 aromatic carbocycles. The smallest absolute Gasteiger partial charge is 0.194 e. The maximum atomic E-state index is 5.87. The van der Waals surface area contributed by atoms with E-state index in [0.717, 1.165) is 42.2 Å². The van der Waals surface area contributed by atoms with Gasteiger partial charge in [-0.05, 0) is 68.2 Å². The summed E-state index contributed by atoms with van der Waals surface area (Å²) in [6, 6.07) is 0. The van der Waals surface area contributed by atoms with Crippen LogP contribution in [0.1, 0.15) is 50.2 Å². The molecule has 0 unspecified atom stereocenters. The molecule has 104 valence electrons. The number of hydrogen-bond acceptors (Lipinski definition) is 3. The van der Waals surface area contributed by atoms with Crippen molar-refractivity contribution in [2.75, 3.05) is 6.54 Å². The van der Waals surface area contributed by atoms with Crippen LogP contribution in [-0.2, 0) is 12.8 Å². The van der Waals surface area contributed by atoms with Crippen LogP contribution in [0.25, 0.3) is 0 Å². The summed E-state index contributed by atoms with van der Waals surface area (Å²) in [7, 11) is 0. The quantitative estimate of drug-likeness (QED) is 0.905. The van der Waals surface area contributed by atoms with Gasteiger partial charge in [-0.2, -0.15) is 0 Å². The van der Waals surface area contributed by atoms with Gasteiger partial charge >= 0.3 is 0 Å². The molecule has 0 atom stereocenters. The molecule has 4 aliphatic rings. The van der Waals surface area contributed by atoms with Gasteiger partial charge in [-0.3, -0.25) is 0 Å². The van der Waals surface area contributed by atoms with Crippen LogP contribution in [0.4, 0.5) is 0 Å². The van der Waals surface area contributed by atoms with E-state index in [2.05, 4.69) is 4.98 Å². The lowest BCUT2D eigenvalue weighted by Gasteiger charge is -2.56. The van der Waals surface area contributed by atoms with Gasteiger partial charge < -0.3 is 10.2 Å². The zero-order valence-electron chi connectivity index (χ0n) is 11.6. The van der Waals surface area contributed by atoms with E-state index in [0.29, 0.717) is 12.0 Å². The van der Waals surface area contributed by atoms with Crippen molar-refractivity contribution in [3.05, 3.63) is 17.8 Å². The Morgan fingerprint density at radius 1 is 1.16 bits per heavy atom. The van der Waals surface area contributed by atoms with Crippen LogP contribution in [0.5, 0.6) is 0 Å². The zero-order valence-corrected chi connectivity index (χ0v) is 11.6. The third-order valence-electron chi connectivity index (χ3n) is 5.68. The fourth-order valence-electron chi connectivity index (χ4n) is 5.51. The van der Waals surface area contributed by atoms with Crippen molar-refractivity contribution in [2.45, 2.75) is 51.4 Å². The van der Waals surface area contributed by atoms with Crippen molar-refractivity contribution >= 4 is 0 Å². The first-order valence-corrected chi connectivity index (χ1v) is 7.88. The minimum absolute atomic E-state index is 0.527. The lowest BCUT2D eigenvalue weighted by molar-refractivity contribution is -0.0551. The Hall–Kier alpha value is -0.830. The molecule has 4 aliphatic carbocycles. The lowest BCUT2D eigenvalue weighted by Crippen LogP contribution is -2.47. The van der Waals surface area contributed by atoms with Crippen molar-refractivity contribution in [2.24, 2.45) is 28.9 Å². The molecule has 1 heterocycles. The molecule has 1 aromatic heterocycles. The van der Waals surface area contributed by atoms with Crippen LogP contribution in [0.15, 0.2) is 10.6 Å². The highest BCUT2D eigenvalue weighted by atomic mass is 16.4. The Morgan fingerprint density at radius 2 is 1.79 bits per heavy atom. The first-order valence-electron chi connectivity index (χ1n) is 7.88. The summed E-state index contributed by atoms with van der Waals surface area (Å²) in [6.07, 6.45) is 12.5. The van der Waals surface area contributed by atoms with E-state index in [1.807, 2.05) is 6.20 Å². The van der Waals surface area contributed by atoms with Gasteiger partial charge in [0.25, 0.3) is 0 Å². The predicted octanol–water partition coefficient (Wildman–Crippen LogP) is 2.93. The average Bonchev–Trinajstić information content (AvgIpc) is 2.74. The highest BCUT2D eigenvalue weighted by Crippen LogP contribution is 2.60. The number of aromatic nitrogens is 1. The van der Waals surface area contributed by atoms with Crippen LogP contribution < -0.4 is 5.73 Å². The van der Waals surface area contributed by atoms with E-state index in [1.165, 1.54) is 38.5 Å². The summed E-state index contributed by atoms with van der Waals surface area (Å²) in [5.74, 6) is 4.94. The fourth-order valence-corrected chi connectivity index (χ4v) is 5.51. The van der Waals surface area contributed by atoms with Crippen molar-refractivity contribution in [3.8, 4) is 0 Å². The Balaban J connectivity index is 1.52. The van der Waals surface area contributed by atoms with Crippen LogP contribution in [0.3, 0.4) is 0 Å². The van der Waals surface area contributed by atoms with E-state index in [9.17, 15) is 0 Å². The molecule has 0 aliphatic heterocycles. The fraction of sp³-hybridized carbons (Fsp3) is 0.812. The van der Waals surface area contributed by atoms with E-state index >= 15 is 0 Å². The number of nitrogens with zero attached hydrogens (tertiary/aromatic N) is 1. The molecular weight excluding hydrogens is 236 g/mol. The van der Waals surface area contributed by atoms with Crippen LogP contribution in [-0.4, -0.2) is 11.5 Å². The van der Waals surface area contributed by atoms with Crippen LogP contribution in [0.2, 0.25) is 0 Å². The van der Waals surface area contributed by atoms with Gasteiger partial charge in [-0.25, -0.2) is 4.98 Å². The zero-order chi connectivity index (χ0) is 12.9. The molecule has 19 heavy (non-hydrogen) atoms. The summed E-state index contributed by atoms with van der Waals surface area (Å²) < 4.78 is 5.87. The third kappa shape index (κ3) is 2.12.